The van der Waals surface area contributed by atoms with E-state index >= 15 is 0 Å². The standard InChI is InChI=1S/C16H21NO2S/c1-12-9-14(5-4-8-18)11-15(10-12)16(19)17-7-6-13(2)20-3/h9-11,13,18H,6-8H2,1-3H3,(H,17,19). The van der Waals surface area contributed by atoms with Crippen molar-refractivity contribution >= 4 is 17.7 Å². The summed E-state index contributed by atoms with van der Waals surface area (Å²) < 4.78 is 0. The number of amides is 1. The van der Waals surface area contributed by atoms with Gasteiger partial charge in [-0.3, -0.25) is 4.79 Å². The molecule has 4 heteroatoms. The summed E-state index contributed by atoms with van der Waals surface area (Å²) in [4.78, 5) is 12.1. The molecule has 0 heterocycles. The zero-order valence-corrected chi connectivity index (χ0v) is 13.0. The Balaban J connectivity index is 2.70. The van der Waals surface area contributed by atoms with Crippen LogP contribution in [0.15, 0.2) is 18.2 Å². The quantitative estimate of drug-likeness (QED) is 0.818. The van der Waals surface area contributed by atoms with Crippen molar-refractivity contribution in [3.8, 4) is 11.8 Å². The van der Waals surface area contributed by atoms with Crippen LogP contribution in [0.4, 0.5) is 0 Å². The lowest BCUT2D eigenvalue weighted by Gasteiger charge is -2.10. The van der Waals surface area contributed by atoms with Crippen molar-refractivity contribution in [1.82, 2.24) is 5.32 Å². The first-order valence-corrected chi connectivity index (χ1v) is 7.88. The van der Waals surface area contributed by atoms with Gasteiger partial charge in [0.2, 0.25) is 0 Å². The smallest absolute Gasteiger partial charge is 0.251 e. The van der Waals surface area contributed by atoms with Crippen LogP contribution in [0.1, 0.15) is 34.8 Å². The van der Waals surface area contributed by atoms with Crippen molar-refractivity contribution in [1.29, 1.82) is 0 Å². The van der Waals surface area contributed by atoms with Crippen molar-refractivity contribution in [2.75, 3.05) is 19.4 Å². The van der Waals surface area contributed by atoms with E-state index in [1.165, 1.54) is 0 Å². The number of aryl methyl sites for hydroxylation is 1. The average Bonchev–Trinajstić information content (AvgIpc) is 2.44. The molecular weight excluding hydrogens is 270 g/mol. The van der Waals surface area contributed by atoms with E-state index in [2.05, 4.69) is 30.3 Å². The fraction of sp³-hybridized carbons (Fsp3) is 0.438. The minimum Gasteiger partial charge on any atom is -0.384 e. The molecule has 1 unspecified atom stereocenters. The molecule has 3 nitrogen and oxygen atoms in total. The summed E-state index contributed by atoms with van der Waals surface area (Å²) in [6.07, 6.45) is 3.02. The second-order valence-corrected chi connectivity index (χ2v) is 5.91. The van der Waals surface area contributed by atoms with Crippen molar-refractivity contribution in [2.45, 2.75) is 25.5 Å². The van der Waals surface area contributed by atoms with Crippen LogP contribution in [-0.2, 0) is 0 Å². The largest absolute Gasteiger partial charge is 0.384 e. The van der Waals surface area contributed by atoms with Gasteiger partial charge in [-0.1, -0.05) is 18.8 Å². The molecule has 108 valence electrons. The van der Waals surface area contributed by atoms with Crippen LogP contribution in [0.2, 0.25) is 0 Å². The van der Waals surface area contributed by atoms with Gasteiger partial charge in [-0.05, 0) is 43.4 Å². The van der Waals surface area contributed by atoms with E-state index in [1.54, 1.807) is 17.8 Å². The van der Waals surface area contributed by atoms with E-state index in [-0.39, 0.29) is 12.5 Å². The van der Waals surface area contributed by atoms with Crippen LogP contribution in [-0.4, -0.2) is 35.7 Å². The molecule has 1 atom stereocenters. The maximum atomic E-state index is 12.1. The maximum absolute atomic E-state index is 12.1. The number of aliphatic hydroxyl groups excluding tert-OH is 1. The molecule has 1 aromatic rings. The summed E-state index contributed by atoms with van der Waals surface area (Å²) in [6, 6.07) is 5.50. The van der Waals surface area contributed by atoms with Crippen LogP contribution < -0.4 is 5.32 Å². The van der Waals surface area contributed by atoms with Crippen LogP contribution in [0.25, 0.3) is 0 Å². The maximum Gasteiger partial charge on any atom is 0.251 e. The molecule has 0 spiro atoms. The van der Waals surface area contributed by atoms with Crippen molar-refractivity contribution in [3.63, 3.8) is 0 Å². The summed E-state index contributed by atoms with van der Waals surface area (Å²) in [5.41, 5.74) is 2.35. The lowest BCUT2D eigenvalue weighted by atomic mass is 10.1. The second kappa shape index (κ2) is 8.68. The molecule has 0 aliphatic carbocycles. The number of aliphatic hydroxyl groups is 1. The predicted molar refractivity (Wildman–Crippen MR) is 85.1 cm³/mol. The SMILES string of the molecule is CSC(C)CCNC(=O)c1cc(C)cc(C#CCO)c1. The van der Waals surface area contributed by atoms with E-state index in [4.69, 9.17) is 5.11 Å². The summed E-state index contributed by atoms with van der Waals surface area (Å²) in [7, 11) is 0. The van der Waals surface area contributed by atoms with E-state index in [9.17, 15) is 4.79 Å². The number of carbonyl (C=O) groups excluding carboxylic acids is 1. The number of hydrogen-bond acceptors (Lipinski definition) is 3. The fourth-order valence-electron chi connectivity index (χ4n) is 1.74. The molecule has 0 bridgehead atoms. The van der Waals surface area contributed by atoms with Crippen LogP contribution >= 0.6 is 11.8 Å². The average molecular weight is 291 g/mol. The molecule has 0 aliphatic rings. The van der Waals surface area contributed by atoms with Gasteiger partial charge in [0.1, 0.15) is 6.61 Å². The highest BCUT2D eigenvalue weighted by molar-refractivity contribution is 7.99. The zero-order valence-electron chi connectivity index (χ0n) is 12.2. The molecule has 1 amide bonds. The van der Waals surface area contributed by atoms with Crippen molar-refractivity contribution in [2.24, 2.45) is 0 Å². The molecule has 1 rings (SSSR count). The highest BCUT2D eigenvalue weighted by Crippen LogP contribution is 2.10. The minimum atomic E-state index is -0.179. The first kappa shape index (κ1) is 16.6. The zero-order chi connectivity index (χ0) is 15.0. The summed E-state index contributed by atoms with van der Waals surface area (Å²) >= 11 is 1.79. The molecule has 0 saturated carbocycles. The van der Waals surface area contributed by atoms with Gasteiger partial charge in [-0.2, -0.15) is 11.8 Å². The Bertz CT molecular complexity index is 517. The molecule has 0 radical (unpaired) electrons. The highest BCUT2D eigenvalue weighted by atomic mass is 32.2. The Labute approximate surface area is 125 Å². The summed E-state index contributed by atoms with van der Waals surface area (Å²) in [6.45, 7) is 4.57. The summed E-state index contributed by atoms with van der Waals surface area (Å²) in [5, 5.41) is 12.2. The fourth-order valence-corrected chi connectivity index (χ4v) is 2.09. The monoisotopic (exact) mass is 291 g/mol. The second-order valence-electron chi connectivity index (χ2n) is 4.64. The highest BCUT2D eigenvalue weighted by Gasteiger charge is 2.07. The van der Waals surface area contributed by atoms with Gasteiger partial charge in [-0.15, -0.1) is 0 Å². The first-order chi connectivity index (χ1) is 9.56. The molecule has 2 N–H and O–H groups in total. The number of hydrogen-bond donors (Lipinski definition) is 2. The number of carbonyl (C=O) groups is 1. The van der Waals surface area contributed by atoms with Gasteiger partial charge in [0.25, 0.3) is 5.91 Å². The lowest BCUT2D eigenvalue weighted by molar-refractivity contribution is 0.0953. The van der Waals surface area contributed by atoms with Crippen molar-refractivity contribution in [3.05, 3.63) is 34.9 Å². The third-order valence-electron chi connectivity index (χ3n) is 2.89. The van der Waals surface area contributed by atoms with Crippen LogP contribution in [0, 0.1) is 18.8 Å². The third-order valence-corrected chi connectivity index (χ3v) is 3.93. The van der Waals surface area contributed by atoms with Gasteiger partial charge < -0.3 is 10.4 Å². The molecule has 0 aliphatic heterocycles. The minimum absolute atomic E-state index is 0.0750. The predicted octanol–water partition coefficient (Wildman–Crippen LogP) is 2.21. The van der Waals surface area contributed by atoms with E-state index in [1.807, 2.05) is 19.1 Å². The van der Waals surface area contributed by atoms with Gasteiger partial charge in [0.05, 0.1) is 0 Å². The van der Waals surface area contributed by atoms with Gasteiger partial charge in [0.15, 0.2) is 0 Å². The molecule has 0 saturated heterocycles. The molecule has 1 aromatic carbocycles. The summed E-state index contributed by atoms with van der Waals surface area (Å²) in [5.74, 6) is 5.35. The van der Waals surface area contributed by atoms with E-state index in [0.717, 1.165) is 17.5 Å². The molecule has 0 aromatic heterocycles. The molecule has 0 fully saturated rings. The number of rotatable bonds is 5. The van der Waals surface area contributed by atoms with Crippen LogP contribution in [0.5, 0.6) is 0 Å². The van der Waals surface area contributed by atoms with Gasteiger partial charge in [-0.25, -0.2) is 0 Å². The lowest BCUT2D eigenvalue weighted by Crippen LogP contribution is -2.26. The number of thioether (sulfide) groups is 1. The van der Waals surface area contributed by atoms with Gasteiger partial charge >= 0.3 is 0 Å². The normalized spacial score (nSPS) is 11.4. The van der Waals surface area contributed by atoms with Crippen molar-refractivity contribution < 1.29 is 9.90 Å². The Morgan fingerprint density at radius 3 is 2.85 bits per heavy atom. The Morgan fingerprint density at radius 2 is 2.20 bits per heavy atom. The topological polar surface area (TPSA) is 49.3 Å². The number of benzene rings is 1. The molecular formula is C16H21NO2S. The Kier molecular flexibility index (Phi) is 7.21. The number of nitrogens with one attached hydrogen (secondary N) is 1. The third kappa shape index (κ3) is 5.68. The van der Waals surface area contributed by atoms with Gasteiger partial charge in [0, 0.05) is 22.9 Å². The Hall–Kier alpha value is -1.44. The Morgan fingerprint density at radius 1 is 1.45 bits per heavy atom. The van der Waals surface area contributed by atoms with E-state index in [0.29, 0.717) is 17.4 Å². The van der Waals surface area contributed by atoms with Crippen LogP contribution in [0.3, 0.4) is 0 Å². The van der Waals surface area contributed by atoms with E-state index < -0.39 is 0 Å². The first-order valence-electron chi connectivity index (χ1n) is 6.59. The molecule has 20 heavy (non-hydrogen) atoms.